The van der Waals surface area contributed by atoms with Crippen LogP contribution >= 0.6 is 0 Å². The molecule has 1 amide bonds. The molecule has 0 bridgehead atoms. The van der Waals surface area contributed by atoms with Crippen LogP contribution < -0.4 is 0 Å². The van der Waals surface area contributed by atoms with Gasteiger partial charge in [0.2, 0.25) is 5.91 Å². The van der Waals surface area contributed by atoms with E-state index in [0.717, 1.165) is 5.56 Å². The number of hydrogen-bond acceptors (Lipinski definition) is 3. The van der Waals surface area contributed by atoms with Crippen LogP contribution in [0.3, 0.4) is 0 Å². The number of aliphatic hydroxyl groups is 1. The number of nitrogens with zero attached hydrogens (tertiary/aromatic N) is 2. The second-order valence-electron chi connectivity index (χ2n) is 5.05. The van der Waals surface area contributed by atoms with E-state index in [1.54, 1.807) is 26.2 Å². The standard InChI is InChI=1S/C16H21FN2O2/c1-18(2)16(21)12-19(3)11-13-7-8-15(17)14(10-13)6-4-5-9-20/h7-8,10,20H,5,9,11-12H2,1-3H3. The monoisotopic (exact) mass is 292 g/mol. The number of rotatable bonds is 5. The van der Waals surface area contributed by atoms with E-state index in [4.69, 9.17) is 5.11 Å². The number of likely N-dealkylation sites (N-methyl/N-ethyl adjacent to an activating group) is 2. The van der Waals surface area contributed by atoms with Crippen molar-refractivity contribution in [3.05, 3.63) is 35.1 Å². The van der Waals surface area contributed by atoms with Crippen molar-refractivity contribution in [3.63, 3.8) is 0 Å². The fourth-order valence-electron chi connectivity index (χ4n) is 1.72. The molecule has 0 heterocycles. The molecule has 0 aliphatic heterocycles. The third kappa shape index (κ3) is 5.94. The van der Waals surface area contributed by atoms with E-state index in [2.05, 4.69) is 11.8 Å². The van der Waals surface area contributed by atoms with E-state index in [1.807, 2.05) is 11.9 Å². The maximum atomic E-state index is 13.6. The molecule has 0 aromatic heterocycles. The van der Waals surface area contributed by atoms with Crippen molar-refractivity contribution < 1.29 is 14.3 Å². The molecule has 21 heavy (non-hydrogen) atoms. The first-order chi connectivity index (χ1) is 9.93. The molecule has 0 fully saturated rings. The molecule has 0 saturated heterocycles. The van der Waals surface area contributed by atoms with Crippen LogP contribution in [-0.4, -0.2) is 55.1 Å². The minimum atomic E-state index is -0.379. The topological polar surface area (TPSA) is 43.8 Å². The Morgan fingerprint density at radius 3 is 2.67 bits per heavy atom. The maximum Gasteiger partial charge on any atom is 0.236 e. The fourth-order valence-corrected chi connectivity index (χ4v) is 1.72. The van der Waals surface area contributed by atoms with Crippen LogP contribution in [0.15, 0.2) is 18.2 Å². The van der Waals surface area contributed by atoms with Crippen LogP contribution in [0.25, 0.3) is 0 Å². The van der Waals surface area contributed by atoms with Gasteiger partial charge in [-0.15, -0.1) is 0 Å². The molecule has 1 aromatic rings. The summed E-state index contributed by atoms with van der Waals surface area (Å²) in [5, 5.41) is 8.68. The van der Waals surface area contributed by atoms with E-state index in [1.165, 1.54) is 11.0 Å². The summed E-state index contributed by atoms with van der Waals surface area (Å²) in [6, 6.07) is 4.74. The van der Waals surface area contributed by atoms with Crippen LogP contribution in [0, 0.1) is 17.7 Å². The number of carbonyl (C=O) groups is 1. The van der Waals surface area contributed by atoms with Gasteiger partial charge in [-0.2, -0.15) is 0 Å². The van der Waals surface area contributed by atoms with E-state index >= 15 is 0 Å². The minimum Gasteiger partial charge on any atom is -0.395 e. The quantitative estimate of drug-likeness (QED) is 0.826. The number of hydrogen-bond donors (Lipinski definition) is 1. The van der Waals surface area contributed by atoms with Crippen molar-refractivity contribution >= 4 is 5.91 Å². The van der Waals surface area contributed by atoms with E-state index < -0.39 is 0 Å². The van der Waals surface area contributed by atoms with Crippen molar-refractivity contribution in [2.24, 2.45) is 0 Å². The predicted molar refractivity (Wildman–Crippen MR) is 80.0 cm³/mol. The summed E-state index contributed by atoms with van der Waals surface area (Å²) in [5.74, 6) is 5.05. The highest BCUT2D eigenvalue weighted by molar-refractivity contribution is 5.77. The Morgan fingerprint density at radius 1 is 1.33 bits per heavy atom. The SMILES string of the molecule is CN(CC(=O)N(C)C)Cc1ccc(F)c(C#CCCO)c1. The zero-order chi connectivity index (χ0) is 15.8. The first kappa shape index (κ1) is 17.2. The minimum absolute atomic E-state index is 0.0163. The molecule has 0 unspecified atom stereocenters. The van der Waals surface area contributed by atoms with E-state index in [9.17, 15) is 9.18 Å². The highest BCUT2D eigenvalue weighted by Crippen LogP contribution is 2.11. The first-order valence-corrected chi connectivity index (χ1v) is 6.71. The van der Waals surface area contributed by atoms with Gasteiger partial charge in [0.05, 0.1) is 18.7 Å². The van der Waals surface area contributed by atoms with Gasteiger partial charge in [0, 0.05) is 27.1 Å². The van der Waals surface area contributed by atoms with Gasteiger partial charge in [-0.25, -0.2) is 4.39 Å². The summed E-state index contributed by atoms with van der Waals surface area (Å²) in [6.45, 7) is 0.800. The lowest BCUT2D eigenvalue weighted by Gasteiger charge is -2.19. The Morgan fingerprint density at radius 2 is 2.05 bits per heavy atom. The molecule has 0 saturated carbocycles. The largest absolute Gasteiger partial charge is 0.395 e. The number of carbonyl (C=O) groups excluding carboxylic acids is 1. The number of amides is 1. The van der Waals surface area contributed by atoms with Gasteiger partial charge < -0.3 is 10.0 Å². The molecule has 0 radical (unpaired) electrons. The summed E-state index contributed by atoms with van der Waals surface area (Å²) in [7, 11) is 5.26. The van der Waals surface area contributed by atoms with Crippen LogP contribution in [0.1, 0.15) is 17.5 Å². The Labute approximate surface area is 125 Å². The molecule has 5 heteroatoms. The molecule has 0 aliphatic rings. The van der Waals surface area contributed by atoms with Gasteiger partial charge in [0.25, 0.3) is 0 Å². The lowest BCUT2D eigenvalue weighted by atomic mass is 10.1. The molecule has 114 valence electrons. The zero-order valence-corrected chi connectivity index (χ0v) is 12.7. The average Bonchev–Trinajstić information content (AvgIpc) is 2.42. The fraction of sp³-hybridized carbons (Fsp3) is 0.438. The van der Waals surface area contributed by atoms with Crippen LogP contribution in [-0.2, 0) is 11.3 Å². The van der Waals surface area contributed by atoms with Crippen molar-refractivity contribution in [2.75, 3.05) is 34.3 Å². The molecule has 1 rings (SSSR count). The molecule has 0 spiro atoms. The first-order valence-electron chi connectivity index (χ1n) is 6.71. The van der Waals surface area contributed by atoms with Gasteiger partial charge in [-0.3, -0.25) is 9.69 Å². The van der Waals surface area contributed by atoms with Gasteiger partial charge in [-0.1, -0.05) is 17.9 Å². The summed E-state index contributed by atoms with van der Waals surface area (Å²) in [5.41, 5.74) is 1.20. The Hall–Kier alpha value is -1.90. The molecule has 4 nitrogen and oxygen atoms in total. The lowest BCUT2D eigenvalue weighted by molar-refractivity contribution is -0.129. The zero-order valence-electron chi connectivity index (χ0n) is 12.7. The Balaban J connectivity index is 2.74. The van der Waals surface area contributed by atoms with Gasteiger partial charge in [0.1, 0.15) is 5.82 Å². The van der Waals surface area contributed by atoms with Crippen molar-refractivity contribution in [2.45, 2.75) is 13.0 Å². The Bertz CT molecular complexity index is 547. The predicted octanol–water partition coefficient (Wildman–Crippen LogP) is 1.08. The molecule has 1 N–H and O–H groups in total. The third-order valence-corrected chi connectivity index (χ3v) is 2.85. The van der Waals surface area contributed by atoms with Crippen LogP contribution in [0.5, 0.6) is 0 Å². The highest BCUT2D eigenvalue weighted by Gasteiger charge is 2.09. The normalized spacial score (nSPS) is 10.2. The number of aliphatic hydroxyl groups excluding tert-OH is 1. The van der Waals surface area contributed by atoms with E-state index in [0.29, 0.717) is 25.1 Å². The van der Waals surface area contributed by atoms with E-state index in [-0.39, 0.29) is 18.3 Å². The molecular weight excluding hydrogens is 271 g/mol. The van der Waals surface area contributed by atoms with Gasteiger partial charge in [-0.05, 0) is 24.7 Å². The molecule has 0 atom stereocenters. The summed E-state index contributed by atoms with van der Waals surface area (Å²) < 4.78 is 13.6. The Kier molecular flexibility index (Phi) is 6.86. The second-order valence-corrected chi connectivity index (χ2v) is 5.05. The highest BCUT2D eigenvalue weighted by atomic mass is 19.1. The summed E-state index contributed by atoms with van der Waals surface area (Å²) in [6.07, 6.45) is 0.320. The van der Waals surface area contributed by atoms with Crippen molar-refractivity contribution in [3.8, 4) is 11.8 Å². The van der Waals surface area contributed by atoms with Gasteiger partial charge >= 0.3 is 0 Å². The number of benzene rings is 1. The van der Waals surface area contributed by atoms with Gasteiger partial charge in [0.15, 0.2) is 0 Å². The van der Waals surface area contributed by atoms with Crippen LogP contribution in [0.2, 0.25) is 0 Å². The van der Waals surface area contributed by atoms with Crippen molar-refractivity contribution in [1.29, 1.82) is 0 Å². The second kappa shape index (κ2) is 8.40. The molecule has 1 aromatic carbocycles. The maximum absolute atomic E-state index is 13.6. The lowest BCUT2D eigenvalue weighted by Crippen LogP contribution is -2.34. The average molecular weight is 292 g/mol. The summed E-state index contributed by atoms with van der Waals surface area (Å²) in [4.78, 5) is 15.0. The third-order valence-electron chi connectivity index (χ3n) is 2.85. The summed E-state index contributed by atoms with van der Waals surface area (Å²) >= 11 is 0. The number of halogens is 1. The smallest absolute Gasteiger partial charge is 0.236 e. The van der Waals surface area contributed by atoms with Crippen LogP contribution in [0.4, 0.5) is 4.39 Å². The molecule has 0 aliphatic carbocycles. The molecular formula is C16H21FN2O2. The van der Waals surface area contributed by atoms with Crippen molar-refractivity contribution in [1.82, 2.24) is 9.80 Å².